The standard InChI is InChI=1S/C14H18BrIN2O/c1-9-4-3-5-10(2)18(9)17-14(19)12-8-11(15)6-7-13(12)16/h6-10H,3-5H2,1-2H3,(H,17,19). The van der Waals surface area contributed by atoms with Crippen LogP contribution in [0.2, 0.25) is 0 Å². The monoisotopic (exact) mass is 436 g/mol. The molecule has 0 aromatic heterocycles. The maximum Gasteiger partial charge on any atom is 0.266 e. The average molecular weight is 437 g/mol. The van der Waals surface area contributed by atoms with Gasteiger partial charge in [0.2, 0.25) is 0 Å². The molecule has 1 saturated heterocycles. The van der Waals surface area contributed by atoms with Crippen LogP contribution in [0.1, 0.15) is 43.5 Å². The van der Waals surface area contributed by atoms with Crippen molar-refractivity contribution in [2.45, 2.75) is 45.2 Å². The molecule has 0 spiro atoms. The fourth-order valence-electron chi connectivity index (χ4n) is 2.49. The molecule has 0 bridgehead atoms. The molecule has 2 atom stereocenters. The molecule has 1 heterocycles. The van der Waals surface area contributed by atoms with Gasteiger partial charge in [0.1, 0.15) is 0 Å². The van der Waals surface area contributed by atoms with Crippen LogP contribution in [-0.4, -0.2) is 23.0 Å². The third kappa shape index (κ3) is 3.70. The average Bonchev–Trinajstić information content (AvgIpc) is 2.37. The minimum Gasteiger partial charge on any atom is -0.284 e. The fraction of sp³-hybridized carbons (Fsp3) is 0.500. The first-order chi connectivity index (χ1) is 8.99. The summed E-state index contributed by atoms with van der Waals surface area (Å²) in [5.41, 5.74) is 3.79. The van der Waals surface area contributed by atoms with Crippen LogP contribution in [0.5, 0.6) is 0 Å². The van der Waals surface area contributed by atoms with Crippen LogP contribution in [0.3, 0.4) is 0 Å². The van der Waals surface area contributed by atoms with Gasteiger partial charge in [-0.3, -0.25) is 10.2 Å². The van der Waals surface area contributed by atoms with Crippen LogP contribution in [-0.2, 0) is 0 Å². The van der Waals surface area contributed by atoms with E-state index in [9.17, 15) is 4.79 Å². The lowest BCUT2D eigenvalue weighted by Crippen LogP contribution is -2.54. The maximum absolute atomic E-state index is 12.4. The molecule has 5 heteroatoms. The van der Waals surface area contributed by atoms with E-state index < -0.39 is 0 Å². The van der Waals surface area contributed by atoms with Gasteiger partial charge in [-0.2, -0.15) is 0 Å². The molecule has 1 amide bonds. The summed E-state index contributed by atoms with van der Waals surface area (Å²) in [5.74, 6) is -0.0219. The van der Waals surface area contributed by atoms with Gasteiger partial charge in [0.05, 0.1) is 5.56 Å². The molecule has 0 aliphatic carbocycles. The Morgan fingerprint density at radius 1 is 1.37 bits per heavy atom. The highest BCUT2D eigenvalue weighted by Gasteiger charge is 2.26. The van der Waals surface area contributed by atoms with E-state index in [-0.39, 0.29) is 5.91 Å². The number of rotatable bonds is 2. The second-order valence-electron chi connectivity index (χ2n) is 5.10. The molecule has 1 aromatic rings. The van der Waals surface area contributed by atoms with Crippen LogP contribution in [0, 0.1) is 3.57 Å². The molecular formula is C14H18BrIN2O. The topological polar surface area (TPSA) is 32.3 Å². The Kier molecular flexibility index (Phi) is 5.25. The summed E-state index contributed by atoms with van der Waals surface area (Å²) >= 11 is 5.61. The Balaban J connectivity index is 2.14. The van der Waals surface area contributed by atoms with Crippen molar-refractivity contribution >= 4 is 44.4 Å². The van der Waals surface area contributed by atoms with E-state index in [0.29, 0.717) is 12.1 Å². The molecule has 0 saturated carbocycles. The van der Waals surface area contributed by atoms with Crippen molar-refractivity contribution in [3.63, 3.8) is 0 Å². The summed E-state index contributed by atoms with van der Waals surface area (Å²) in [7, 11) is 0. The van der Waals surface area contributed by atoms with Crippen LogP contribution >= 0.6 is 38.5 Å². The normalized spacial score (nSPS) is 24.2. The number of hydrogen-bond acceptors (Lipinski definition) is 2. The highest BCUT2D eigenvalue weighted by Crippen LogP contribution is 2.22. The van der Waals surface area contributed by atoms with Gasteiger partial charge in [0.25, 0.3) is 5.91 Å². The van der Waals surface area contributed by atoms with Gasteiger partial charge in [-0.25, -0.2) is 5.01 Å². The van der Waals surface area contributed by atoms with Crippen molar-refractivity contribution in [3.05, 3.63) is 31.8 Å². The van der Waals surface area contributed by atoms with E-state index in [1.165, 1.54) is 6.42 Å². The smallest absolute Gasteiger partial charge is 0.266 e. The van der Waals surface area contributed by atoms with E-state index in [2.05, 4.69) is 62.8 Å². The zero-order valence-electron chi connectivity index (χ0n) is 11.1. The Labute approximate surface area is 136 Å². The summed E-state index contributed by atoms with van der Waals surface area (Å²) in [6.07, 6.45) is 3.52. The van der Waals surface area contributed by atoms with E-state index in [1.54, 1.807) is 0 Å². The van der Waals surface area contributed by atoms with E-state index in [0.717, 1.165) is 26.4 Å². The molecule has 1 aromatic carbocycles. The van der Waals surface area contributed by atoms with Crippen LogP contribution in [0.25, 0.3) is 0 Å². The Bertz CT molecular complexity index is 471. The molecule has 19 heavy (non-hydrogen) atoms. The van der Waals surface area contributed by atoms with Crippen molar-refractivity contribution < 1.29 is 4.79 Å². The zero-order chi connectivity index (χ0) is 14.0. The maximum atomic E-state index is 12.4. The number of halogens is 2. The van der Waals surface area contributed by atoms with Crippen molar-refractivity contribution in [2.75, 3.05) is 0 Å². The first kappa shape index (κ1) is 15.3. The van der Waals surface area contributed by atoms with Crippen LogP contribution in [0.15, 0.2) is 22.7 Å². The second kappa shape index (κ2) is 6.54. The Morgan fingerprint density at radius 3 is 2.63 bits per heavy atom. The van der Waals surface area contributed by atoms with Gasteiger partial charge < -0.3 is 0 Å². The number of hydrogen-bond donors (Lipinski definition) is 1. The molecule has 1 N–H and O–H groups in total. The lowest BCUT2D eigenvalue weighted by atomic mass is 10.00. The number of piperidine rings is 1. The lowest BCUT2D eigenvalue weighted by Gasteiger charge is -2.38. The SMILES string of the molecule is CC1CCCC(C)N1NC(=O)c1cc(Br)ccc1I. The highest BCUT2D eigenvalue weighted by atomic mass is 127. The van der Waals surface area contributed by atoms with Crippen molar-refractivity contribution in [3.8, 4) is 0 Å². The minimum atomic E-state index is -0.0219. The summed E-state index contributed by atoms with van der Waals surface area (Å²) in [4.78, 5) is 12.4. The third-order valence-corrected chi connectivity index (χ3v) is 5.03. The molecule has 1 aliphatic rings. The van der Waals surface area contributed by atoms with Gasteiger partial charge in [0.15, 0.2) is 0 Å². The highest BCUT2D eigenvalue weighted by molar-refractivity contribution is 14.1. The molecule has 0 radical (unpaired) electrons. The number of amides is 1. The number of benzene rings is 1. The number of hydrazine groups is 1. The quantitative estimate of drug-likeness (QED) is 0.711. The van der Waals surface area contributed by atoms with Crippen LogP contribution in [0.4, 0.5) is 0 Å². The van der Waals surface area contributed by atoms with E-state index >= 15 is 0 Å². The lowest BCUT2D eigenvalue weighted by molar-refractivity contribution is 0.0369. The molecule has 1 aliphatic heterocycles. The predicted octanol–water partition coefficient (Wildman–Crippen LogP) is 3.96. The summed E-state index contributed by atoms with van der Waals surface area (Å²) in [6, 6.07) is 6.57. The van der Waals surface area contributed by atoms with Crippen molar-refractivity contribution in [2.24, 2.45) is 0 Å². The first-order valence-electron chi connectivity index (χ1n) is 6.53. The molecule has 104 valence electrons. The van der Waals surface area contributed by atoms with Gasteiger partial charge in [-0.1, -0.05) is 22.4 Å². The molecule has 2 unspecified atom stereocenters. The Morgan fingerprint density at radius 2 is 2.00 bits per heavy atom. The number of nitrogens with one attached hydrogen (secondary N) is 1. The third-order valence-electron chi connectivity index (χ3n) is 3.60. The largest absolute Gasteiger partial charge is 0.284 e. The van der Waals surface area contributed by atoms with E-state index in [4.69, 9.17) is 0 Å². The molecule has 3 nitrogen and oxygen atoms in total. The van der Waals surface area contributed by atoms with Gasteiger partial charge >= 0.3 is 0 Å². The molecule has 2 rings (SSSR count). The zero-order valence-corrected chi connectivity index (χ0v) is 14.9. The number of carbonyl (C=O) groups excluding carboxylic acids is 1. The minimum absolute atomic E-state index is 0.0219. The second-order valence-corrected chi connectivity index (χ2v) is 7.18. The summed E-state index contributed by atoms with van der Waals surface area (Å²) < 4.78 is 1.90. The predicted molar refractivity (Wildman–Crippen MR) is 88.9 cm³/mol. The van der Waals surface area contributed by atoms with Gasteiger partial charge in [-0.05, 0) is 67.5 Å². The van der Waals surface area contributed by atoms with Gasteiger partial charge in [0, 0.05) is 20.1 Å². The summed E-state index contributed by atoms with van der Waals surface area (Å²) in [6.45, 7) is 4.34. The number of nitrogens with zero attached hydrogens (tertiary/aromatic N) is 1. The van der Waals surface area contributed by atoms with E-state index in [1.807, 2.05) is 18.2 Å². The van der Waals surface area contributed by atoms with Gasteiger partial charge in [-0.15, -0.1) is 0 Å². The Hall–Kier alpha value is -0.140. The molecule has 1 fully saturated rings. The fourth-order valence-corrected chi connectivity index (χ4v) is 3.43. The molecular weight excluding hydrogens is 419 g/mol. The van der Waals surface area contributed by atoms with Crippen molar-refractivity contribution in [1.29, 1.82) is 0 Å². The summed E-state index contributed by atoms with van der Waals surface area (Å²) in [5, 5.41) is 2.10. The van der Waals surface area contributed by atoms with Crippen molar-refractivity contribution in [1.82, 2.24) is 10.4 Å². The van der Waals surface area contributed by atoms with Crippen LogP contribution < -0.4 is 5.43 Å². The number of carbonyl (C=O) groups is 1. The first-order valence-corrected chi connectivity index (χ1v) is 8.40.